The number of nitrogens with zero attached hydrogens (tertiary/aromatic N) is 1. The van der Waals surface area contributed by atoms with E-state index < -0.39 is 23.8 Å². The molecule has 3 aromatic rings. The summed E-state index contributed by atoms with van der Waals surface area (Å²) in [6.07, 6.45) is 1.10. The minimum Gasteiger partial charge on any atom is -0.491 e. The lowest BCUT2D eigenvalue weighted by molar-refractivity contribution is -0.143. The van der Waals surface area contributed by atoms with Crippen LogP contribution in [-0.4, -0.2) is 62.1 Å². The number of nitrogens with one attached hydrogen (secondary N) is 1. The van der Waals surface area contributed by atoms with Gasteiger partial charge in [0.1, 0.15) is 18.2 Å². The monoisotopic (exact) mass is 592 g/mol. The van der Waals surface area contributed by atoms with Gasteiger partial charge in [-0.3, -0.25) is 14.5 Å². The number of hydrogen-bond acceptors (Lipinski definition) is 7. The molecule has 0 unspecified atom stereocenters. The Morgan fingerprint density at radius 2 is 1.74 bits per heavy atom. The topological polar surface area (TPSA) is 107 Å². The number of ether oxygens (including phenoxy) is 4. The standard InChI is InChI=1S/C33H37FN2O7/c1-4-20-14-23(34)15-21(5-2)31(20)35-29(37)18-36-17-25(22-10-11-27-28(16-22)43-19-42-27)30(33(38)39)32(36)24-8-6-7-9-26(24)41-13-12-40-3/h6-11,14-16,25,30,32H,4-5,12-13,17-19H2,1-3H3,(H,35,37)(H,38,39)/t25-,30-,32+/m1/s1. The third-order valence-electron chi connectivity index (χ3n) is 8.13. The molecule has 3 aromatic carbocycles. The van der Waals surface area contributed by atoms with Crippen LogP contribution in [0, 0.1) is 11.7 Å². The van der Waals surface area contributed by atoms with Gasteiger partial charge in [0.2, 0.25) is 12.7 Å². The molecule has 228 valence electrons. The molecule has 2 heterocycles. The smallest absolute Gasteiger partial charge is 0.309 e. The quantitative estimate of drug-likeness (QED) is 0.277. The number of fused-ring (bicyclic) bond motifs is 1. The zero-order valence-electron chi connectivity index (χ0n) is 24.6. The van der Waals surface area contributed by atoms with Gasteiger partial charge in [0, 0.05) is 30.8 Å². The number of hydrogen-bond donors (Lipinski definition) is 2. The second kappa shape index (κ2) is 13.4. The molecular weight excluding hydrogens is 555 g/mol. The first-order valence-corrected chi connectivity index (χ1v) is 14.5. The van der Waals surface area contributed by atoms with E-state index in [0.717, 1.165) is 5.56 Å². The number of rotatable bonds is 12. The van der Waals surface area contributed by atoms with E-state index in [1.54, 1.807) is 19.2 Å². The summed E-state index contributed by atoms with van der Waals surface area (Å²) in [5.41, 5.74) is 3.48. The number of aliphatic carboxylic acids is 1. The Balaban J connectivity index is 1.51. The number of carbonyl (C=O) groups excluding carboxylic acids is 1. The average molecular weight is 593 g/mol. The maximum absolute atomic E-state index is 14.2. The molecule has 1 amide bonds. The molecule has 1 saturated heterocycles. The Hall–Kier alpha value is -4.15. The zero-order valence-corrected chi connectivity index (χ0v) is 24.6. The Morgan fingerprint density at radius 1 is 1.02 bits per heavy atom. The second-order valence-electron chi connectivity index (χ2n) is 10.7. The zero-order chi connectivity index (χ0) is 30.5. The predicted molar refractivity (Wildman–Crippen MR) is 158 cm³/mol. The number of anilines is 1. The minimum absolute atomic E-state index is 0.0778. The van der Waals surface area contributed by atoms with Gasteiger partial charge in [-0.05, 0) is 59.9 Å². The number of carbonyl (C=O) groups is 2. The number of amides is 1. The molecule has 5 rings (SSSR count). The molecule has 0 saturated carbocycles. The third-order valence-corrected chi connectivity index (χ3v) is 8.13. The lowest BCUT2D eigenvalue weighted by Crippen LogP contribution is -2.35. The highest BCUT2D eigenvalue weighted by Gasteiger charge is 2.49. The number of carboxylic acid groups (broad SMARTS) is 1. The fourth-order valence-electron chi connectivity index (χ4n) is 6.14. The van der Waals surface area contributed by atoms with Crippen LogP contribution >= 0.6 is 0 Å². The number of likely N-dealkylation sites (tertiary alicyclic amines) is 1. The summed E-state index contributed by atoms with van der Waals surface area (Å²) in [5, 5.41) is 13.7. The number of methoxy groups -OCH3 is 1. The van der Waals surface area contributed by atoms with Crippen molar-refractivity contribution in [3.8, 4) is 17.2 Å². The van der Waals surface area contributed by atoms with Gasteiger partial charge in [-0.1, -0.05) is 38.1 Å². The molecule has 3 atom stereocenters. The molecular formula is C33H37FN2O7. The van der Waals surface area contributed by atoms with Crippen LogP contribution in [0.3, 0.4) is 0 Å². The van der Waals surface area contributed by atoms with Gasteiger partial charge in [-0.2, -0.15) is 0 Å². The Bertz CT molecular complexity index is 1450. The van der Waals surface area contributed by atoms with Gasteiger partial charge < -0.3 is 29.4 Å². The van der Waals surface area contributed by atoms with Gasteiger partial charge in [-0.15, -0.1) is 0 Å². The molecule has 9 nitrogen and oxygen atoms in total. The lowest BCUT2D eigenvalue weighted by atomic mass is 9.82. The van der Waals surface area contributed by atoms with E-state index in [1.807, 2.05) is 49.1 Å². The molecule has 1 fully saturated rings. The van der Waals surface area contributed by atoms with Crippen molar-refractivity contribution in [2.24, 2.45) is 5.92 Å². The minimum atomic E-state index is -0.984. The van der Waals surface area contributed by atoms with Crippen molar-refractivity contribution in [2.75, 3.05) is 45.5 Å². The molecule has 43 heavy (non-hydrogen) atoms. The first-order valence-electron chi connectivity index (χ1n) is 14.5. The Morgan fingerprint density at radius 3 is 2.44 bits per heavy atom. The van der Waals surface area contributed by atoms with Crippen molar-refractivity contribution >= 4 is 17.6 Å². The number of halogens is 1. The van der Waals surface area contributed by atoms with E-state index in [0.29, 0.717) is 65.6 Å². The van der Waals surface area contributed by atoms with Crippen LogP contribution in [0.15, 0.2) is 54.6 Å². The van der Waals surface area contributed by atoms with E-state index in [1.165, 1.54) is 12.1 Å². The molecule has 2 aliphatic heterocycles. The van der Waals surface area contributed by atoms with E-state index in [9.17, 15) is 19.1 Å². The summed E-state index contributed by atoms with van der Waals surface area (Å²) in [4.78, 5) is 28.6. The largest absolute Gasteiger partial charge is 0.491 e. The Labute approximate surface area is 250 Å². The van der Waals surface area contributed by atoms with Gasteiger partial charge >= 0.3 is 5.97 Å². The SMILES string of the molecule is CCc1cc(F)cc(CC)c1NC(=O)CN1C[C@H](c2ccc3c(c2)OCO3)[C@@H](C(=O)O)[C@@H]1c1ccccc1OCCOC. The van der Waals surface area contributed by atoms with Crippen molar-refractivity contribution < 1.29 is 38.0 Å². The summed E-state index contributed by atoms with van der Waals surface area (Å²) < 4.78 is 36.4. The molecule has 0 spiro atoms. The maximum atomic E-state index is 14.2. The van der Waals surface area contributed by atoms with Crippen LogP contribution in [0.5, 0.6) is 17.2 Å². The molecule has 2 N–H and O–H groups in total. The maximum Gasteiger partial charge on any atom is 0.309 e. The van der Waals surface area contributed by atoms with E-state index >= 15 is 0 Å². The van der Waals surface area contributed by atoms with Crippen LogP contribution in [0.2, 0.25) is 0 Å². The van der Waals surface area contributed by atoms with Crippen LogP contribution in [0.1, 0.15) is 48.1 Å². The van der Waals surface area contributed by atoms with Gasteiger partial charge in [0.05, 0.1) is 25.1 Å². The van der Waals surface area contributed by atoms with Crippen molar-refractivity contribution in [3.05, 3.63) is 82.7 Å². The third kappa shape index (κ3) is 6.45. The molecule has 10 heteroatoms. The summed E-state index contributed by atoms with van der Waals surface area (Å²) in [6.45, 7) is 4.80. The van der Waals surface area contributed by atoms with Gasteiger partial charge in [0.15, 0.2) is 11.5 Å². The normalized spacial score (nSPS) is 19.4. The fraction of sp³-hybridized carbons (Fsp3) is 0.394. The summed E-state index contributed by atoms with van der Waals surface area (Å²) in [5.74, 6) is -1.29. The average Bonchev–Trinajstić information content (AvgIpc) is 3.62. The van der Waals surface area contributed by atoms with Crippen LogP contribution in [-0.2, 0) is 27.2 Å². The molecule has 0 aliphatic carbocycles. The van der Waals surface area contributed by atoms with Gasteiger partial charge in [-0.25, -0.2) is 4.39 Å². The molecule has 0 bridgehead atoms. The Kier molecular flexibility index (Phi) is 9.47. The van der Waals surface area contributed by atoms with Gasteiger partial charge in [0.25, 0.3) is 0 Å². The summed E-state index contributed by atoms with van der Waals surface area (Å²) in [6, 6.07) is 15.0. The van der Waals surface area contributed by atoms with Crippen molar-refractivity contribution in [2.45, 2.75) is 38.6 Å². The van der Waals surface area contributed by atoms with E-state index in [2.05, 4.69) is 5.32 Å². The number of carboxylic acids is 1. The fourth-order valence-corrected chi connectivity index (χ4v) is 6.14. The number of aryl methyl sites for hydroxylation is 2. The molecule has 0 aromatic heterocycles. The lowest BCUT2D eigenvalue weighted by Gasteiger charge is -2.28. The van der Waals surface area contributed by atoms with Crippen LogP contribution in [0.25, 0.3) is 0 Å². The first kappa shape index (κ1) is 30.3. The number of benzene rings is 3. The number of para-hydroxylation sites is 1. The van der Waals surface area contributed by atoms with Crippen LogP contribution in [0.4, 0.5) is 10.1 Å². The van der Waals surface area contributed by atoms with Crippen molar-refractivity contribution in [1.29, 1.82) is 0 Å². The highest BCUT2D eigenvalue weighted by molar-refractivity contribution is 5.94. The van der Waals surface area contributed by atoms with Crippen LogP contribution < -0.4 is 19.5 Å². The van der Waals surface area contributed by atoms with E-state index in [4.69, 9.17) is 18.9 Å². The van der Waals surface area contributed by atoms with Crippen molar-refractivity contribution in [3.63, 3.8) is 0 Å². The highest BCUT2D eigenvalue weighted by Crippen LogP contribution is 2.49. The second-order valence-corrected chi connectivity index (χ2v) is 10.7. The van der Waals surface area contributed by atoms with Crippen molar-refractivity contribution in [1.82, 2.24) is 4.90 Å². The predicted octanol–water partition coefficient (Wildman–Crippen LogP) is 5.18. The van der Waals surface area contributed by atoms with E-state index in [-0.39, 0.29) is 31.7 Å². The summed E-state index contributed by atoms with van der Waals surface area (Å²) >= 11 is 0. The molecule has 0 radical (unpaired) electrons. The first-order chi connectivity index (χ1) is 20.8. The highest BCUT2D eigenvalue weighted by atomic mass is 19.1. The molecule has 2 aliphatic rings. The summed E-state index contributed by atoms with van der Waals surface area (Å²) in [7, 11) is 1.58.